The minimum atomic E-state index is -0.0633. The number of nitrogens with zero attached hydrogens (tertiary/aromatic N) is 1. The molecule has 1 aliphatic heterocycles. The van der Waals surface area contributed by atoms with Crippen LogP contribution < -0.4 is 10.6 Å². The molecule has 4 nitrogen and oxygen atoms in total. The fraction of sp³-hybridized carbons (Fsp3) is 0.429. The molecule has 2 N–H and O–H groups in total. The van der Waals surface area contributed by atoms with Gasteiger partial charge in [0, 0.05) is 9.75 Å². The summed E-state index contributed by atoms with van der Waals surface area (Å²) in [6.45, 7) is 5.06. The maximum absolute atomic E-state index is 12.1. The van der Waals surface area contributed by atoms with E-state index in [1.54, 1.807) is 22.7 Å². The number of hydrogen-bond donors (Lipinski definition) is 2. The molecule has 114 valence electrons. The third kappa shape index (κ3) is 3.63. The molecule has 1 atom stereocenters. The van der Waals surface area contributed by atoms with E-state index in [9.17, 15) is 4.79 Å². The Hall–Kier alpha value is -0.950. The first-order valence-electron chi connectivity index (χ1n) is 6.72. The molecular weight excluding hydrogens is 326 g/mol. The molecular formula is C14H18ClN3OS2. The van der Waals surface area contributed by atoms with Gasteiger partial charge in [0.25, 0.3) is 0 Å². The van der Waals surface area contributed by atoms with E-state index >= 15 is 0 Å². The van der Waals surface area contributed by atoms with Gasteiger partial charge in [-0.1, -0.05) is 0 Å². The highest BCUT2D eigenvalue weighted by Gasteiger charge is 2.23. The predicted octanol–water partition coefficient (Wildman–Crippen LogP) is 3.60. The van der Waals surface area contributed by atoms with E-state index in [1.807, 2.05) is 6.92 Å². The van der Waals surface area contributed by atoms with Crippen LogP contribution in [0.25, 0.3) is 10.6 Å². The van der Waals surface area contributed by atoms with Crippen LogP contribution in [0, 0.1) is 13.8 Å². The first kappa shape index (κ1) is 16.4. The van der Waals surface area contributed by atoms with Crippen LogP contribution >= 0.6 is 35.1 Å². The predicted molar refractivity (Wildman–Crippen MR) is 91.8 cm³/mol. The number of carbonyl (C=O) groups is 1. The molecule has 3 heterocycles. The van der Waals surface area contributed by atoms with Crippen molar-refractivity contribution in [2.75, 3.05) is 11.9 Å². The van der Waals surface area contributed by atoms with Gasteiger partial charge in [-0.25, -0.2) is 4.98 Å². The van der Waals surface area contributed by atoms with E-state index in [1.165, 1.54) is 4.88 Å². The molecule has 1 saturated heterocycles. The summed E-state index contributed by atoms with van der Waals surface area (Å²) in [6.07, 6.45) is 1.97. The Bertz CT molecular complexity index is 632. The van der Waals surface area contributed by atoms with Gasteiger partial charge in [-0.05, 0) is 45.4 Å². The molecule has 1 fully saturated rings. The van der Waals surface area contributed by atoms with Gasteiger partial charge in [0.05, 0.1) is 16.6 Å². The minimum Gasteiger partial charge on any atom is -0.306 e. The fourth-order valence-corrected chi connectivity index (χ4v) is 4.15. The minimum absolute atomic E-state index is 0. The van der Waals surface area contributed by atoms with Gasteiger partial charge < -0.3 is 10.6 Å². The Morgan fingerprint density at radius 2 is 2.19 bits per heavy atom. The van der Waals surface area contributed by atoms with Crippen LogP contribution in [-0.4, -0.2) is 23.5 Å². The van der Waals surface area contributed by atoms with Crippen molar-refractivity contribution in [3.8, 4) is 10.6 Å². The number of carbonyl (C=O) groups excluding carboxylic acids is 1. The van der Waals surface area contributed by atoms with Crippen LogP contribution in [0.4, 0.5) is 5.13 Å². The van der Waals surface area contributed by atoms with Gasteiger partial charge in [-0.15, -0.1) is 35.1 Å². The van der Waals surface area contributed by atoms with Gasteiger partial charge in [0.2, 0.25) is 5.91 Å². The second kappa shape index (κ2) is 6.87. The average Bonchev–Trinajstić information content (AvgIpc) is 3.10. The third-order valence-electron chi connectivity index (χ3n) is 3.38. The van der Waals surface area contributed by atoms with Gasteiger partial charge in [-0.3, -0.25) is 4.79 Å². The zero-order chi connectivity index (χ0) is 14.1. The van der Waals surface area contributed by atoms with Crippen LogP contribution in [0.5, 0.6) is 0 Å². The maximum Gasteiger partial charge on any atom is 0.243 e. The zero-order valence-electron chi connectivity index (χ0n) is 11.9. The largest absolute Gasteiger partial charge is 0.306 e. The molecule has 1 unspecified atom stereocenters. The van der Waals surface area contributed by atoms with Crippen LogP contribution in [0.3, 0.4) is 0 Å². The van der Waals surface area contributed by atoms with Crippen molar-refractivity contribution in [1.29, 1.82) is 0 Å². The van der Waals surface area contributed by atoms with Crippen molar-refractivity contribution in [2.24, 2.45) is 0 Å². The second-order valence-corrected chi connectivity index (χ2v) is 7.46. The van der Waals surface area contributed by atoms with Crippen molar-refractivity contribution in [3.05, 3.63) is 21.9 Å². The van der Waals surface area contributed by atoms with Gasteiger partial charge in [0.15, 0.2) is 5.13 Å². The molecule has 2 aromatic heterocycles. The van der Waals surface area contributed by atoms with Crippen LogP contribution in [0.2, 0.25) is 0 Å². The number of thiophene rings is 1. The number of nitrogens with one attached hydrogen (secondary N) is 2. The first-order valence-corrected chi connectivity index (χ1v) is 8.35. The summed E-state index contributed by atoms with van der Waals surface area (Å²) in [4.78, 5) is 20.2. The molecule has 2 aromatic rings. The maximum atomic E-state index is 12.1. The highest BCUT2D eigenvalue weighted by Crippen LogP contribution is 2.34. The summed E-state index contributed by atoms with van der Waals surface area (Å²) in [6, 6.07) is 4.12. The van der Waals surface area contributed by atoms with E-state index < -0.39 is 0 Å². The SMILES string of the molecule is Cc1ccc(-c2nc(NC(=O)C3CCCN3)sc2C)s1.Cl. The lowest BCUT2D eigenvalue weighted by Crippen LogP contribution is -2.35. The monoisotopic (exact) mass is 343 g/mol. The number of amides is 1. The summed E-state index contributed by atoms with van der Waals surface area (Å²) >= 11 is 3.27. The third-order valence-corrected chi connectivity index (χ3v) is 5.27. The van der Waals surface area contributed by atoms with Crippen LogP contribution in [0.1, 0.15) is 22.6 Å². The standard InChI is InChI=1S/C14H17N3OS2.ClH/c1-8-5-6-11(19-8)12-9(2)20-14(16-12)17-13(18)10-4-3-7-15-10;/h5-6,10,15H,3-4,7H2,1-2H3,(H,16,17,18);1H. The molecule has 0 aliphatic carbocycles. The van der Waals surface area contributed by atoms with Crippen molar-refractivity contribution in [1.82, 2.24) is 10.3 Å². The average molecular weight is 344 g/mol. The molecule has 21 heavy (non-hydrogen) atoms. The number of hydrogen-bond acceptors (Lipinski definition) is 5. The summed E-state index contributed by atoms with van der Waals surface area (Å²) in [7, 11) is 0. The van der Waals surface area contributed by atoms with Crippen molar-refractivity contribution in [3.63, 3.8) is 0 Å². The molecule has 7 heteroatoms. The summed E-state index contributed by atoms with van der Waals surface area (Å²) in [5.41, 5.74) is 0.989. The van der Waals surface area contributed by atoms with Gasteiger partial charge in [0.1, 0.15) is 0 Å². The molecule has 0 bridgehead atoms. The van der Waals surface area contributed by atoms with Gasteiger partial charge >= 0.3 is 0 Å². The Kier molecular flexibility index (Phi) is 5.37. The molecule has 1 aliphatic rings. The Labute approximate surface area is 138 Å². The number of aromatic nitrogens is 1. The lowest BCUT2D eigenvalue weighted by molar-refractivity contribution is -0.117. The topological polar surface area (TPSA) is 54.0 Å². The summed E-state index contributed by atoms with van der Waals surface area (Å²) in [5, 5.41) is 6.83. The van der Waals surface area contributed by atoms with Crippen LogP contribution in [-0.2, 0) is 4.79 Å². The zero-order valence-corrected chi connectivity index (χ0v) is 14.4. The van der Waals surface area contributed by atoms with Crippen LogP contribution in [0.15, 0.2) is 12.1 Å². The van der Waals surface area contributed by atoms with Crippen molar-refractivity contribution < 1.29 is 4.79 Å². The summed E-state index contributed by atoms with van der Waals surface area (Å²) in [5.74, 6) is 0.0326. The Balaban J connectivity index is 0.00000161. The highest BCUT2D eigenvalue weighted by molar-refractivity contribution is 7.18. The number of aryl methyl sites for hydroxylation is 2. The molecule has 0 saturated carbocycles. The van der Waals surface area contributed by atoms with Crippen molar-refractivity contribution >= 4 is 46.1 Å². The molecule has 3 rings (SSSR count). The van der Waals surface area contributed by atoms with E-state index in [0.29, 0.717) is 5.13 Å². The lowest BCUT2D eigenvalue weighted by Gasteiger charge is -2.08. The summed E-state index contributed by atoms with van der Waals surface area (Å²) < 4.78 is 0. The lowest BCUT2D eigenvalue weighted by atomic mass is 10.2. The van der Waals surface area contributed by atoms with Gasteiger partial charge in [-0.2, -0.15) is 0 Å². The smallest absolute Gasteiger partial charge is 0.243 e. The Morgan fingerprint density at radius 3 is 2.81 bits per heavy atom. The van der Waals surface area contributed by atoms with E-state index in [2.05, 4.69) is 34.7 Å². The molecule has 0 spiro atoms. The highest BCUT2D eigenvalue weighted by atomic mass is 35.5. The van der Waals surface area contributed by atoms with E-state index in [4.69, 9.17) is 0 Å². The Morgan fingerprint density at radius 1 is 1.38 bits per heavy atom. The second-order valence-electron chi connectivity index (χ2n) is 4.97. The van der Waals surface area contributed by atoms with Crippen molar-refractivity contribution in [2.45, 2.75) is 32.7 Å². The molecule has 1 amide bonds. The number of anilines is 1. The van der Waals surface area contributed by atoms with E-state index in [0.717, 1.165) is 34.8 Å². The number of thiazole rings is 1. The molecule has 0 aromatic carbocycles. The number of halogens is 1. The molecule has 0 radical (unpaired) electrons. The normalized spacial score (nSPS) is 17.5. The number of rotatable bonds is 3. The van der Waals surface area contributed by atoms with E-state index in [-0.39, 0.29) is 24.4 Å². The quantitative estimate of drug-likeness (QED) is 0.895. The fourth-order valence-electron chi connectivity index (χ4n) is 2.34. The first-order chi connectivity index (χ1) is 9.63.